The molecule has 0 N–H and O–H groups in total. The van der Waals surface area contributed by atoms with Crippen LogP contribution in [0.1, 0.15) is 5.56 Å². The van der Waals surface area contributed by atoms with Crippen LogP contribution in [0.2, 0.25) is 10.0 Å². The van der Waals surface area contributed by atoms with E-state index >= 15 is 0 Å². The number of fused-ring (bicyclic) bond motifs is 1. The highest BCUT2D eigenvalue weighted by Crippen LogP contribution is 2.32. The monoisotopic (exact) mass is 269 g/mol. The Bertz CT molecular complexity index is 551. The summed E-state index contributed by atoms with van der Waals surface area (Å²) >= 11 is 13.5. The van der Waals surface area contributed by atoms with Crippen LogP contribution in [0.3, 0.4) is 0 Å². The van der Waals surface area contributed by atoms with Gasteiger partial charge in [-0.2, -0.15) is 5.10 Å². The van der Waals surface area contributed by atoms with E-state index in [9.17, 15) is 0 Å². The van der Waals surface area contributed by atoms with Crippen molar-refractivity contribution in [2.24, 2.45) is 15.2 Å². The zero-order chi connectivity index (χ0) is 11.1. The Morgan fingerprint density at radius 1 is 1.25 bits per heavy atom. The summed E-state index contributed by atoms with van der Waals surface area (Å²) in [5.74, 6) is 0. The fraction of sp³-hybridized carbons (Fsp3) is 0.100. The van der Waals surface area contributed by atoms with Gasteiger partial charge in [0.25, 0.3) is 0 Å². The molecule has 3 rings (SSSR count). The van der Waals surface area contributed by atoms with Crippen LogP contribution in [0, 0.1) is 0 Å². The van der Waals surface area contributed by atoms with Gasteiger partial charge in [0, 0.05) is 10.6 Å². The molecule has 0 fully saturated rings. The fourth-order valence-corrected chi connectivity index (χ4v) is 2.88. The number of rotatable bonds is 1. The zero-order valence-corrected chi connectivity index (χ0v) is 10.2. The predicted molar refractivity (Wildman–Crippen MR) is 70.3 cm³/mol. The molecule has 16 heavy (non-hydrogen) atoms. The van der Waals surface area contributed by atoms with Crippen molar-refractivity contribution in [3.05, 3.63) is 33.8 Å². The highest BCUT2D eigenvalue weighted by atomic mass is 35.5. The standard InChI is InChI=1S/C10H5Cl2N3S/c11-5-1-2-7(12)6(3-5)9-14-8-4-13-15-10(8)16-9/h1-4,8H/t8-/m0/s1. The highest BCUT2D eigenvalue weighted by Gasteiger charge is 2.29. The topological polar surface area (TPSA) is 37.1 Å². The van der Waals surface area contributed by atoms with Gasteiger partial charge in [0.05, 0.1) is 11.2 Å². The Labute approximate surface area is 106 Å². The van der Waals surface area contributed by atoms with Gasteiger partial charge in [-0.25, -0.2) is 0 Å². The van der Waals surface area contributed by atoms with E-state index in [0.29, 0.717) is 10.0 Å². The fourth-order valence-electron chi connectivity index (χ4n) is 1.48. The molecule has 0 bridgehead atoms. The molecule has 1 aromatic carbocycles. The van der Waals surface area contributed by atoms with Crippen LogP contribution in [0.4, 0.5) is 0 Å². The molecule has 2 aliphatic heterocycles. The molecule has 0 unspecified atom stereocenters. The molecule has 1 aromatic rings. The molecule has 0 spiro atoms. The number of halogens is 2. The van der Waals surface area contributed by atoms with E-state index in [1.165, 1.54) is 11.8 Å². The van der Waals surface area contributed by atoms with Gasteiger partial charge >= 0.3 is 0 Å². The molecule has 0 aliphatic carbocycles. The first kappa shape index (κ1) is 10.3. The van der Waals surface area contributed by atoms with Crippen molar-refractivity contribution in [2.45, 2.75) is 6.04 Å². The normalized spacial score (nSPS) is 22.0. The minimum Gasteiger partial charge on any atom is -0.261 e. The van der Waals surface area contributed by atoms with Crippen molar-refractivity contribution < 1.29 is 0 Å². The molecule has 0 aromatic heterocycles. The van der Waals surface area contributed by atoms with Gasteiger partial charge in [-0.05, 0) is 30.0 Å². The number of hydrogen-bond donors (Lipinski definition) is 0. The van der Waals surface area contributed by atoms with E-state index in [0.717, 1.165) is 15.7 Å². The van der Waals surface area contributed by atoms with Crippen LogP contribution >= 0.6 is 35.0 Å². The van der Waals surface area contributed by atoms with Gasteiger partial charge in [0.1, 0.15) is 16.1 Å². The van der Waals surface area contributed by atoms with Crippen LogP contribution in [0.15, 0.2) is 33.4 Å². The molecular weight excluding hydrogens is 265 g/mol. The molecular formula is C10H5Cl2N3S. The Kier molecular flexibility index (Phi) is 2.50. The third-order valence-electron chi connectivity index (χ3n) is 2.23. The first-order valence-electron chi connectivity index (χ1n) is 4.56. The molecule has 80 valence electrons. The predicted octanol–water partition coefficient (Wildman–Crippen LogP) is 3.25. The van der Waals surface area contributed by atoms with Crippen LogP contribution in [-0.2, 0) is 0 Å². The number of aliphatic imine (C=N–C) groups is 1. The molecule has 0 amide bonds. The van der Waals surface area contributed by atoms with Crippen molar-refractivity contribution in [3.63, 3.8) is 0 Å². The summed E-state index contributed by atoms with van der Waals surface area (Å²) in [5.41, 5.74) is 0.852. The minimum absolute atomic E-state index is 0.0324. The van der Waals surface area contributed by atoms with Gasteiger partial charge in [0.15, 0.2) is 0 Å². The van der Waals surface area contributed by atoms with Gasteiger partial charge < -0.3 is 0 Å². The molecule has 2 aliphatic rings. The number of thioether (sulfide) groups is 1. The first-order valence-corrected chi connectivity index (χ1v) is 6.13. The maximum absolute atomic E-state index is 6.11. The third kappa shape index (κ3) is 1.67. The number of hydrogen-bond acceptors (Lipinski definition) is 4. The number of benzene rings is 1. The second kappa shape index (κ2) is 3.87. The lowest BCUT2D eigenvalue weighted by Gasteiger charge is -2.02. The van der Waals surface area contributed by atoms with E-state index in [1.54, 1.807) is 18.3 Å². The zero-order valence-electron chi connectivity index (χ0n) is 7.89. The van der Waals surface area contributed by atoms with Crippen molar-refractivity contribution in [1.29, 1.82) is 0 Å². The summed E-state index contributed by atoms with van der Waals surface area (Å²) in [6.07, 6.45) is 1.72. The van der Waals surface area contributed by atoms with Crippen molar-refractivity contribution in [3.8, 4) is 0 Å². The Balaban J connectivity index is 2.03. The molecule has 0 saturated carbocycles. The second-order valence-corrected chi connectivity index (χ2v) is 5.16. The summed E-state index contributed by atoms with van der Waals surface area (Å²) in [6, 6.07) is 5.31. The van der Waals surface area contributed by atoms with Gasteiger partial charge in [-0.1, -0.05) is 23.2 Å². The average molecular weight is 270 g/mol. The first-order chi connectivity index (χ1) is 7.74. The average Bonchev–Trinajstić information content (AvgIpc) is 2.81. The van der Waals surface area contributed by atoms with Gasteiger partial charge in [-0.15, -0.1) is 5.10 Å². The van der Waals surface area contributed by atoms with Crippen molar-refractivity contribution in [1.82, 2.24) is 0 Å². The smallest absolute Gasteiger partial charge is 0.138 e. The summed E-state index contributed by atoms with van der Waals surface area (Å²) in [7, 11) is 0. The lowest BCUT2D eigenvalue weighted by molar-refractivity contribution is 1.22. The summed E-state index contributed by atoms with van der Waals surface area (Å²) in [5, 5.41) is 10.8. The van der Waals surface area contributed by atoms with Crippen LogP contribution in [0.5, 0.6) is 0 Å². The lowest BCUT2D eigenvalue weighted by Crippen LogP contribution is -2.06. The van der Waals surface area contributed by atoms with Gasteiger partial charge in [-0.3, -0.25) is 4.99 Å². The van der Waals surface area contributed by atoms with Crippen LogP contribution in [0.25, 0.3) is 0 Å². The highest BCUT2D eigenvalue weighted by molar-refractivity contribution is 8.27. The molecule has 6 heteroatoms. The quantitative estimate of drug-likeness (QED) is 0.771. The maximum Gasteiger partial charge on any atom is 0.138 e. The lowest BCUT2D eigenvalue weighted by atomic mass is 10.2. The Hall–Kier alpha value is -0.840. The van der Waals surface area contributed by atoms with Gasteiger partial charge in [0.2, 0.25) is 0 Å². The van der Waals surface area contributed by atoms with Crippen molar-refractivity contribution >= 4 is 51.3 Å². The molecule has 3 nitrogen and oxygen atoms in total. The Morgan fingerprint density at radius 3 is 2.94 bits per heavy atom. The van der Waals surface area contributed by atoms with Crippen LogP contribution < -0.4 is 0 Å². The largest absolute Gasteiger partial charge is 0.261 e. The van der Waals surface area contributed by atoms with E-state index in [4.69, 9.17) is 23.2 Å². The van der Waals surface area contributed by atoms with E-state index in [2.05, 4.69) is 15.2 Å². The summed E-state index contributed by atoms with van der Waals surface area (Å²) in [6.45, 7) is 0. The summed E-state index contributed by atoms with van der Waals surface area (Å²) in [4.78, 5) is 4.48. The number of nitrogens with zero attached hydrogens (tertiary/aromatic N) is 3. The molecule has 0 saturated heterocycles. The van der Waals surface area contributed by atoms with E-state index in [1.807, 2.05) is 6.07 Å². The molecule has 1 atom stereocenters. The van der Waals surface area contributed by atoms with Crippen molar-refractivity contribution in [2.75, 3.05) is 0 Å². The SMILES string of the molecule is Clc1ccc(Cl)c(C2=N[C@H]3C=NN=C3S2)c1. The van der Waals surface area contributed by atoms with Crippen LogP contribution in [-0.4, -0.2) is 22.3 Å². The Morgan fingerprint density at radius 2 is 2.12 bits per heavy atom. The maximum atomic E-state index is 6.11. The summed E-state index contributed by atoms with van der Waals surface area (Å²) < 4.78 is 0. The minimum atomic E-state index is -0.0324. The molecule has 2 heterocycles. The second-order valence-electron chi connectivity index (χ2n) is 3.31. The van der Waals surface area contributed by atoms with E-state index in [-0.39, 0.29) is 6.04 Å². The van der Waals surface area contributed by atoms with E-state index < -0.39 is 0 Å². The third-order valence-corrected chi connectivity index (χ3v) is 3.85. The molecule has 0 radical (unpaired) electrons.